The molecule has 0 bridgehead atoms. The number of anilines is 1. The van der Waals surface area contributed by atoms with E-state index in [-0.39, 0.29) is 24.4 Å². The number of nitrogens with one attached hydrogen (secondary N) is 2. The van der Waals surface area contributed by atoms with E-state index in [0.29, 0.717) is 12.2 Å². The minimum absolute atomic E-state index is 0. The van der Waals surface area contributed by atoms with Crippen molar-refractivity contribution >= 4 is 35.8 Å². The van der Waals surface area contributed by atoms with E-state index in [9.17, 15) is 4.79 Å². The molecule has 0 saturated carbocycles. The Hall–Kier alpha value is -1.64. The number of carbonyl (C=O) groups is 1. The van der Waals surface area contributed by atoms with Crippen LogP contribution >= 0.6 is 24.2 Å². The third-order valence-corrected chi connectivity index (χ3v) is 4.56. The van der Waals surface area contributed by atoms with Crippen LogP contribution in [0.2, 0.25) is 0 Å². The van der Waals surface area contributed by atoms with Gasteiger partial charge in [0.25, 0.3) is 0 Å². The normalized spacial score (nSPS) is 17.3. The molecule has 1 aliphatic heterocycles. The Morgan fingerprint density at radius 2 is 2.39 bits per heavy atom. The van der Waals surface area contributed by atoms with Crippen LogP contribution in [0.5, 0.6) is 0 Å². The van der Waals surface area contributed by atoms with Gasteiger partial charge in [-0.2, -0.15) is 16.4 Å². The second-order valence-electron chi connectivity index (χ2n) is 5.17. The lowest BCUT2D eigenvalue weighted by Gasteiger charge is -2.22. The highest BCUT2D eigenvalue weighted by Gasteiger charge is 2.16. The van der Waals surface area contributed by atoms with Gasteiger partial charge in [-0.25, -0.2) is 0 Å². The first kappa shape index (κ1) is 17.7. The largest absolute Gasteiger partial charge is 0.326 e. The summed E-state index contributed by atoms with van der Waals surface area (Å²) in [6.45, 7) is 2.80. The molecule has 23 heavy (non-hydrogen) atoms. The van der Waals surface area contributed by atoms with Crippen molar-refractivity contribution in [2.24, 2.45) is 0 Å². The average molecular weight is 355 g/mol. The number of carbonyl (C=O) groups excluding carboxylic acids is 1. The third kappa shape index (κ3) is 4.66. The molecule has 2 N–H and O–H groups in total. The average Bonchev–Trinajstić information content (AvgIpc) is 2.94. The smallest absolute Gasteiger partial charge is 0.225 e. The molecule has 1 aromatic heterocycles. The maximum Gasteiger partial charge on any atom is 0.225 e. The number of aryl methyl sites for hydroxylation is 1. The topological polar surface area (TPSA) is 84.7 Å². The zero-order valence-electron chi connectivity index (χ0n) is 12.7. The number of aromatic nitrogens is 4. The van der Waals surface area contributed by atoms with Gasteiger partial charge in [0.2, 0.25) is 5.91 Å². The summed E-state index contributed by atoms with van der Waals surface area (Å²) >= 11 is 1.89. The molecule has 124 valence electrons. The van der Waals surface area contributed by atoms with Crippen molar-refractivity contribution in [3.63, 3.8) is 0 Å². The fourth-order valence-electron chi connectivity index (χ4n) is 2.37. The number of hydrogen-bond acceptors (Lipinski definition) is 6. The number of nitrogens with zero attached hydrogens (tertiary/aromatic N) is 4. The summed E-state index contributed by atoms with van der Waals surface area (Å²) in [4.78, 5) is 12.1. The molecule has 2 heterocycles. The molecule has 1 aliphatic rings. The Labute approximate surface area is 145 Å². The molecule has 9 heteroatoms. The standard InChI is InChI=1S/C14H18N6OS.ClH/c1-10-17-18-19-20(10)13-4-2-3-11(7-13)16-14(21)8-12-9-22-6-5-15-12;/h2-4,7,12,15H,5-6,8-9H2,1H3,(H,16,21);1H. The minimum atomic E-state index is 0. The molecule has 3 rings (SSSR count). The second-order valence-corrected chi connectivity index (χ2v) is 6.32. The molecule has 1 aromatic carbocycles. The van der Waals surface area contributed by atoms with Crippen molar-refractivity contribution in [1.82, 2.24) is 25.5 Å². The zero-order chi connectivity index (χ0) is 15.4. The van der Waals surface area contributed by atoms with E-state index in [1.807, 2.05) is 43.0 Å². The molecule has 7 nitrogen and oxygen atoms in total. The van der Waals surface area contributed by atoms with E-state index in [1.165, 1.54) is 0 Å². The van der Waals surface area contributed by atoms with Gasteiger partial charge < -0.3 is 10.6 Å². The molecule has 1 atom stereocenters. The maximum absolute atomic E-state index is 12.1. The van der Waals surface area contributed by atoms with Gasteiger partial charge in [0.1, 0.15) is 0 Å². The quantitative estimate of drug-likeness (QED) is 0.864. The van der Waals surface area contributed by atoms with Crippen LogP contribution in [0.4, 0.5) is 5.69 Å². The van der Waals surface area contributed by atoms with Gasteiger partial charge in [-0.3, -0.25) is 4.79 Å². The van der Waals surface area contributed by atoms with Crippen molar-refractivity contribution in [1.29, 1.82) is 0 Å². The Morgan fingerprint density at radius 3 is 3.09 bits per heavy atom. The van der Waals surface area contributed by atoms with Crippen LogP contribution in [0, 0.1) is 6.92 Å². The lowest BCUT2D eigenvalue weighted by molar-refractivity contribution is -0.116. The number of hydrogen-bond donors (Lipinski definition) is 2. The Balaban J connectivity index is 0.00000192. The van der Waals surface area contributed by atoms with Crippen molar-refractivity contribution < 1.29 is 4.79 Å². The van der Waals surface area contributed by atoms with Gasteiger partial charge in [-0.1, -0.05) is 6.07 Å². The maximum atomic E-state index is 12.1. The predicted molar refractivity (Wildman–Crippen MR) is 93.5 cm³/mol. The highest BCUT2D eigenvalue weighted by Crippen LogP contribution is 2.16. The summed E-state index contributed by atoms with van der Waals surface area (Å²) in [6.07, 6.45) is 0.487. The second kappa shape index (κ2) is 8.28. The van der Waals surface area contributed by atoms with Crippen molar-refractivity contribution in [3.05, 3.63) is 30.1 Å². The van der Waals surface area contributed by atoms with Crippen molar-refractivity contribution in [2.45, 2.75) is 19.4 Å². The monoisotopic (exact) mass is 354 g/mol. The highest BCUT2D eigenvalue weighted by molar-refractivity contribution is 7.99. The Bertz CT molecular complexity index is 658. The van der Waals surface area contributed by atoms with Crippen molar-refractivity contribution in [2.75, 3.05) is 23.4 Å². The van der Waals surface area contributed by atoms with Gasteiger partial charge in [0.15, 0.2) is 5.82 Å². The molecule has 1 fully saturated rings. The zero-order valence-corrected chi connectivity index (χ0v) is 14.4. The summed E-state index contributed by atoms with van der Waals surface area (Å²) in [6, 6.07) is 7.76. The molecule has 1 unspecified atom stereocenters. The van der Waals surface area contributed by atoms with E-state index in [4.69, 9.17) is 0 Å². The number of rotatable bonds is 4. The van der Waals surface area contributed by atoms with Crippen LogP contribution in [0.1, 0.15) is 12.2 Å². The first-order chi connectivity index (χ1) is 10.7. The van der Waals surface area contributed by atoms with Crippen LogP contribution in [-0.2, 0) is 4.79 Å². The van der Waals surface area contributed by atoms with Crippen molar-refractivity contribution in [3.8, 4) is 5.69 Å². The van der Waals surface area contributed by atoms with Crippen LogP contribution < -0.4 is 10.6 Å². The summed E-state index contributed by atoms with van der Waals surface area (Å²) < 4.78 is 1.63. The summed E-state index contributed by atoms with van der Waals surface area (Å²) in [5.74, 6) is 2.82. The lowest BCUT2D eigenvalue weighted by atomic mass is 10.2. The fourth-order valence-corrected chi connectivity index (χ4v) is 3.32. The Kier molecular flexibility index (Phi) is 6.37. The molecule has 0 radical (unpaired) electrons. The van der Waals surface area contributed by atoms with Crippen LogP contribution in [0.3, 0.4) is 0 Å². The van der Waals surface area contributed by atoms with Gasteiger partial charge in [-0.05, 0) is 35.5 Å². The number of benzene rings is 1. The van der Waals surface area contributed by atoms with E-state index in [1.54, 1.807) is 4.68 Å². The van der Waals surface area contributed by atoms with Crippen LogP contribution in [0.15, 0.2) is 24.3 Å². The molecular formula is C14H19ClN6OS. The molecule has 2 aromatic rings. The number of halogens is 1. The van der Waals surface area contributed by atoms with Gasteiger partial charge in [-0.15, -0.1) is 17.5 Å². The first-order valence-electron chi connectivity index (χ1n) is 7.19. The molecular weight excluding hydrogens is 336 g/mol. The van der Waals surface area contributed by atoms with E-state index in [2.05, 4.69) is 26.2 Å². The van der Waals surface area contributed by atoms with Crippen LogP contribution in [0.25, 0.3) is 5.69 Å². The summed E-state index contributed by atoms with van der Waals surface area (Å²) in [5.41, 5.74) is 1.58. The highest BCUT2D eigenvalue weighted by atomic mass is 35.5. The SMILES string of the molecule is Cc1nnnn1-c1cccc(NC(=O)CC2CSCCN2)c1.Cl. The van der Waals surface area contributed by atoms with Gasteiger partial charge >= 0.3 is 0 Å². The molecule has 1 amide bonds. The fraction of sp³-hybridized carbons (Fsp3) is 0.429. The lowest BCUT2D eigenvalue weighted by Crippen LogP contribution is -2.39. The number of tetrazole rings is 1. The van der Waals surface area contributed by atoms with Crippen LogP contribution in [-0.4, -0.2) is 50.2 Å². The minimum Gasteiger partial charge on any atom is -0.326 e. The third-order valence-electron chi connectivity index (χ3n) is 3.43. The molecule has 0 aliphatic carbocycles. The van der Waals surface area contributed by atoms with Gasteiger partial charge in [0.05, 0.1) is 5.69 Å². The number of thioether (sulfide) groups is 1. The van der Waals surface area contributed by atoms with E-state index in [0.717, 1.165) is 29.4 Å². The number of amides is 1. The van der Waals surface area contributed by atoms with E-state index < -0.39 is 0 Å². The predicted octanol–water partition coefficient (Wildman–Crippen LogP) is 1.43. The summed E-state index contributed by atoms with van der Waals surface area (Å²) in [7, 11) is 0. The first-order valence-corrected chi connectivity index (χ1v) is 8.34. The Morgan fingerprint density at radius 1 is 1.52 bits per heavy atom. The summed E-state index contributed by atoms with van der Waals surface area (Å²) in [5, 5.41) is 17.7. The van der Waals surface area contributed by atoms with Gasteiger partial charge in [0, 0.05) is 36.2 Å². The molecule has 1 saturated heterocycles. The van der Waals surface area contributed by atoms with E-state index >= 15 is 0 Å². The molecule has 0 spiro atoms.